The SMILES string of the molecule is O=C1CCCCn2cc(I)cc21. The van der Waals surface area contributed by atoms with Crippen LogP contribution in [-0.4, -0.2) is 10.4 Å². The van der Waals surface area contributed by atoms with E-state index < -0.39 is 0 Å². The molecule has 0 spiro atoms. The fourth-order valence-electron chi connectivity index (χ4n) is 1.59. The second-order valence-corrected chi connectivity index (χ2v) is 4.36. The molecule has 0 fully saturated rings. The molecule has 3 heteroatoms. The predicted octanol–water partition coefficient (Wildman–Crippen LogP) is 2.46. The Bertz CT molecular complexity index is 316. The van der Waals surface area contributed by atoms with Crippen LogP contribution in [0.4, 0.5) is 0 Å². The fraction of sp³-hybridized carbons (Fsp3) is 0.444. The maximum atomic E-state index is 11.5. The van der Waals surface area contributed by atoms with Crippen molar-refractivity contribution in [2.75, 3.05) is 0 Å². The Morgan fingerprint density at radius 2 is 2.25 bits per heavy atom. The average molecular weight is 275 g/mol. The van der Waals surface area contributed by atoms with Crippen molar-refractivity contribution < 1.29 is 4.79 Å². The average Bonchev–Trinajstić information content (AvgIpc) is 2.33. The van der Waals surface area contributed by atoms with Crippen molar-refractivity contribution in [2.45, 2.75) is 25.8 Å². The first kappa shape index (κ1) is 8.29. The molecule has 0 aliphatic carbocycles. The number of hydrogen-bond acceptors (Lipinski definition) is 1. The molecule has 0 N–H and O–H groups in total. The summed E-state index contributed by atoms with van der Waals surface area (Å²) < 4.78 is 3.25. The Balaban J connectivity index is 2.44. The van der Waals surface area contributed by atoms with Crippen LogP contribution in [0.5, 0.6) is 0 Å². The van der Waals surface area contributed by atoms with E-state index in [1.807, 2.05) is 6.07 Å². The van der Waals surface area contributed by atoms with Crippen LogP contribution in [0.15, 0.2) is 12.3 Å². The number of rotatable bonds is 0. The number of aryl methyl sites for hydroxylation is 1. The smallest absolute Gasteiger partial charge is 0.179 e. The van der Waals surface area contributed by atoms with Gasteiger partial charge >= 0.3 is 0 Å². The maximum absolute atomic E-state index is 11.5. The van der Waals surface area contributed by atoms with Crippen LogP contribution in [0.1, 0.15) is 29.8 Å². The summed E-state index contributed by atoms with van der Waals surface area (Å²) in [6, 6.07) is 1.98. The minimum absolute atomic E-state index is 0.301. The Kier molecular flexibility index (Phi) is 2.21. The summed E-state index contributed by atoms with van der Waals surface area (Å²) in [7, 11) is 0. The fourth-order valence-corrected chi connectivity index (χ4v) is 2.22. The van der Waals surface area contributed by atoms with Crippen molar-refractivity contribution in [3.63, 3.8) is 0 Å². The second kappa shape index (κ2) is 3.20. The molecule has 0 saturated carbocycles. The molecular formula is C9H10INO. The zero-order valence-electron chi connectivity index (χ0n) is 6.72. The molecule has 2 nitrogen and oxygen atoms in total. The molecule has 0 atom stereocenters. The van der Waals surface area contributed by atoms with Crippen molar-refractivity contribution in [1.82, 2.24) is 4.57 Å². The standard InChI is InChI=1S/C9H10INO/c10-7-5-8-9(12)3-1-2-4-11(8)6-7/h5-6H,1-4H2. The third-order valence-electron chi connectivity index (χ3n) is 2.20. The lowest BCUT2D eigenvalue weighted by atomic mass is 10.2. The summed E-state index contributed by atoms with van der Waals surface area (Å²) in [5.41, 5.74) is 0.900. The lowest BCUT2D eigenvalue weighted by molar-refractivity contribution is 0.0977. The zero-order chi connectivity index (χ0) is 8.55. The van der Waals surface area contributed by atoms with Crippen LogP contribution in [0.25, 0.3) is 0 Å². The van der Waals surface area contributed by atoms with E-state index in [0.29, 0.717) is 5.78 Å². The van der Waals surface area contributed by atoms with Crippen molar-refractivity contribution in [1.29, 1.82) is 0 Å². The van der Waals surface area contributed by atoms with Crippen LogP contribution in [0.3, 0.4) is 0 Å². The molecule has 64 valence electrons. The van der Waals surface area contributed by atoms with Gasteiger partial charge in [-0.1, -0.05) is 0 Å². The summed E-state index contributed by atoms with van der Waals surface area (Å²) >= 11 is 2.25. The minimum atomic E-state index is 0.301. The highest BCUT2D eigenvalue weighted by Gasteiger charge is 2.15. The topological polar surface area (TPSA) is 22.0 Å². The van der Waals surface area contributed by atoms with E-state index in [1.54, 1.807) is 0 Å². The molecule has 1 aromatic rings. The molecule has 12 heavy (non-hydrogen) atoms. The van der Waals surface area contributed by atoms with Gasteiger partial charge in [0, 0.05) is 22.7 Å². The summed E-state index contributed by atoms with van der Waals surface area (Å²) in [4.78, 5) is 11.5. The number of hydrogen-bond donors (Lipinski definition) is 0. The largest absolute Gasteiger partial charge is 0.344 e. The first-order chi connectivity index (χ1) is 5.77. The van der Waals surface area contributed by atoms with Gasteiger partial charge in [0.05, 0.1) is 5.69 Å². The molecule has 2 rings (SSSR count). The van der Waals surface area contributed by atoms with Gasteiger partial charge in [-0.2, -0.15) is 0 Å². The summed E-state index contributed by atoms with van der Waals surface area (Å²) in [5.74, 6) is 0.301. The van der Waals surface area contributed by atoms with Crippen LogP contribution >= 0.6 is 22.6 Å². The highest BCUT2D eigenvalue weighted by Crippen LogP contribution is 2.18. The molecular weight excluding hydrogens is 265 g/mol. The molecule has 2 heterocycles. The Hall–Kier alpha value is -0.320. The van der Waals surface area contributed by atoms with Gasteiger partial charge in [0.25, 0.3) is 0 Å². The van der Waals surface area contributed by atoms with Crippen LogP contribution < -0.4 is 0 Å². The van der Waals surface area contributed by atoms with Gasteiger partial charge in [-0.25, -0.2) is 0 Å². The van der Waals surface area contributed by atoms with E-state index in [0.717, 1.165) is 35.1 Å². The van der Waals surface area contributed by atoms with Gasteiger partial charge in [0.15, 0.2) is 5.78 Å². The molecule has 1 aromatic heterocycles. The molecule has 1 aliphatic heterocycles. The first-order valence-electron chi connectivity index (χ1n) is 4.16. The van der Waals surface area contributed by atoms with E-state index in [2.05, 4.69) is 33.4 Å². The number of nitrogens with zero attached hydrogens (tertiary/aromatic N) is 1. The number of halogens is 1. The van der Waals surface area contributed by atoms with E-state index in [9.17, 15) is 4.79 Å². The lowest BCUT2D eigenvalue weighted by Crippen LogP contribution is -2.03. The van der Waals surface area contributed by atoms with E-state index in [4.69, 9.17) is 0 Å². The predicted molar refractivity (Wildman–Crippen MR) is 55.3 cm³/mol. The number of carbonyl (C=O) groups is 1. The number of Topliss-reactive ketones (excluding diaryl/α,β-unsaturated/α-hetero) is 1. The molecule has 0 radical (unpaired) electrons. The molecule has 0 amide bonds. The first-order valence-corrected chi connectivity index (χ1v) is 5.24. The molecule has 1 aliphatic rings. The van der Waals surface area contributed by atoms with Gasteiger partial charge in [0.1, 0.15) is 0 Å². The third-order valence-corrected chi connectivity index (χ3v) is 2.79. The minimum Gasteiger partial charge on any atom is -0.344 e. The highest BCUT2D eigenvalue weighted by atomic mass is 127. The molecule has 0 saturated heterocycles. The number of ketones is 1. The van der Waals surface area contributed by atoms with E-state index in [1.165, 1.54) is 0 Å². The normalized spacial score (nSPS) is 17.2. The Labute approximate surface area is 85.1 Å². The lowest BCUT2D eigenvalue weighted by Gasteiger charge is -2.00. The third kappa shape index (κ3) is 1.42. The number of aromatic nitrogens is 1. The van der Waals surface area contributed by atoms with Gasteiger partial charge in [-0.05, 0) is 41.5 Å². The van der Waals surface area contributed by atoms with Crippen LogP contribution in [0, 0.1) is 3.57 Å². The zero-order valence-corrected chi connectivity index (χ0v) is 8.87. The van der Waals surface area contributed by atoms with Crippen LogP contribution in [-0.2, 0) is 6.54 Å². The maximum Gasteiger partial charge on any atom is 0.179 e. The van der Waals surface area contributed by atoms with Gasteiger partial charge in [-0.15, -0.1) is 0 Å². The summed E-state index contributed by atoms with van der Waals surface area (Å²) in [6.45, 7) is 1.00. The van der Waals surface area contributed by atoms with Crippen molar-refractivity contribution in [3.8, 4) is 0 Å². The van der Waals surface area contributed by atoms with Crippen molar-refractivity contribution >= 4 is 28.4 Å². The van der Waals surface area contributed by atoms with Crippen LogP contribution in [0.2, 0.25) is 0 Å². The monoisotopic (exact) mass is 275 g/mol. The Morgan fingerprint density at radius 3 is 3.08 bits per heavy atom. The second-order valence-electron chi connectivity index (χ2n) is 3.12. The molecule has 0 aromatic carbocycles. The summed E-state index contributed by atoms with van der Waals surface area (Å²) in [5, 5.41) is 0. The van der Waals surface area contributed by atoms with Gasteiger partial charge in [-0.3, -0.25) is 4.79 Å². The Morgan fingerprint density at radius 1 is 1.42 bits per heavy atom. The van der Waals surface area contributed by atoms with Crippen molar-refractivity contribution in [3.05, 3.63) is 21.5 Å². The highest BCUT2D eigenvalue weighted by molar-refractivity contribution is 14.1. The number of fused-ring (bicyclic) bond motifs is 1. The quantitative estimate of drug-likeness (QED) is 0.667. The van der Waals surface area contributed by atoms with Gasteiger partial charge in [0.2, 0.25) is 0 Å². The molecule has 0 bridgehead atoms. The van der Waals surface area contributed by atoms with Gasteiger partial charge < -0.3 is 4.57 Å². The summed E-state index contributed by atoms with van der Waals surface area (Å²) in [6.07, 6.45) is 4.94. The van der Waals surface area contributed by atoms with E-state index >= 15 is 0 Å². The molecule has 0 unspecified atom stereocenters. The number of carbonyl (C=O) groups excluding carboxylic acids is 1. The van der Waals surface area contributed by atoms with E-state index in [-0.39, 0.29) is 0 Å². The van der Waals surface area contributed by atoms with Crippen molar-refractivity contribution in [2.24, 2.45) is 0 Å².